The second-order valence-corrected chi connectivity index (χ2v) is 7.81. The number of nitrogens with one attached hydrogen (secondary N) is 3. The van der Waals surface area contributed by atoms with Gasteiger partial charge in [0, 0.05) is 22.8 Å². The standard InChI is InChI=1S/C25H20ClN3O2/c26-18-8-5-16(6-9-18)15-31-24-12-7-17-3-1-2-4-20(17)21(24)14-27-19-10-11-22-23(13-19)29-25(30)28-22/h1-13,27H,14-15H2,(H2,28,29,30). The van der Waals surface area contributed by atoms with Gasteiger partial charge in [-0.25, -0.2) is 4.79 Å². The molecule has 154 valence electrons. The van der Waals surface area contributed by atoms with E-state index in [-0.39, 0.29) is 5.69 Å². The third-order valence-corrected chi connectivity index (χ3v) is 5.54. The molecule has 0 bridgehead atoms. The molecule has 0 radical (unpaired) electrons. The van der Waals surface area contributed by atoms with E-state index >= 15 is 0 Å². The van der Waals surface area contributed by atoms with Crippen molar-refractivity contribution in [3.05, 3.63) is 105 Å². The lowest BCUT2D eigenvalue weighted by Gasteiger charge is -2.16. The van der Waals surface area contributed by atoms with Gasteiger partial charge in [-0.05, 0) is 52.7 Å². The Balaban J connectivity index is 1.43. The Morgan fingerprint density at radius 3 is 2.55 bits per heavy atom. The quantitative estimate of drug-likeness (QED) is 0.317. The highest BCUT2D eigenvalue weighted by atomic mass is 35.5. The van der Waals surface area contributed by atoms with Crippen molar-refractivity contribution < 1.29 is 4.74 Å². The molecule has 0 saturated heterocycles. The molecule has 0 fully saturated rings. The van der Waals surface area contributed by atoms with Gasteiger partial charge in [0.05, 0.1) is 11.0 Å². The first-order valence-electron chi connectivity index (χ1n) is 9.99. The Morgan fingerprint density at radius 2 is 1.68 bits per heavy atom. The zero-order valence-corrected chi connectivity index (χ0v) is 17.4. The van der Waals surface area contributed by atoms with Crippen molar-refractivity contribution >= 4 is 39.1 Å². The molecule has 0 atom stereocenters. The van der Waals surface area contributed by atoms with E-state index in [1.165, 1.54) is 0 Å². The summed E-state index contributed by atoms with van der Waals surface area (Å²) in [6.45, 7) is 1.04. The first-order valence-corrected chi connectivity index (χ1v) is 10.4. The van der Waals surface area contributed by atoms with Gasteiger partial charge in [0.2, 0.25) is 0 Å². The van der Waals surface area contributed by atoms with Gasteiger partial charge in [-0.2, -0.15) is 0 Å². The lowest BCUT2D eigenvalue weighted by atomic mass is 10.0. The molecule has 0 aliphatic carbocycles. The summed E-state index contributed by atoms with van der Waals surface area (Å²) in [6.07, 6.45) is 0. The number of anilines is 1. The van der Waals surface area contributed by atoms with E-state index in [0.29, 0.717) is 18.2 Å². The van der Waals surface area contributed by atoms with Crippen LogP contribution in [0, 0.1) is 0 Å². The van der Waals surface area contributed by atoms with Crippen LogP contribution in [0.1, 0.15) is 11.1 Å². The molecule has 1 aromatic heterocycles. The van der Waals surface area contributed by atoms with Crippen molar-refractivity contribution in [1.29, 1.82) is 0 Å². The number of hydrogen-bond acceptors (Lipinski definition) is 3. The smallest absolute Gasteiger partial charge is 0.323 e. The van der Waals surface area contributed by atoms with Crippen molar-refractivity contribution in [3.8, 4) is 5.75 Å². The molecule has 0 saturated carbocycles. The predicted octanol–water partition coefficient (Wildman–Crippen LogP) is 5.85. The lowest BCUT2D eigenvalue weighted by Crippen LogP contribution is -2.05. The van der Waals surface area contributed by atoms with Gasteiger partial charge in [-0.1, -0.05) is 54.1 Å². The third-order valence-electron chi connectivity index (χ3n) is 5.29. The van der Waals surface area contributed by atoms with Gasteiger partial charge < -0.3 is 20.0 Å². The average molecular weight is 430 g/mol. The fourth-order valence-electron chi connectivity index (χ4n) is 3.71. The maximum Gasteiger partial charge on any atom is 0.323 e. The fourth-order valence-corrected chi connectivity index (χ4v) is 3.83. The summed E-state index contributed by atoms with van der Waals surface area (Å²) in [5.74, 6) is 0.831. The molecule has 0 aliphatic rings. The highest BCUT2D eigenvalue weighted by Crippen LogP contribution is 2.30. The molecule has 5 rings (SSSR count). The summed E-state index contributed by atoms with van der Waals surface area (Å²) >= 11 is 5.99. The van der Waals surface area contributed by atoms with Gasteiger partial charge in [0.1, 0.15) is 12.4 Å². The maximum atomic E-state index is 11.5. The second-order valence-electron chi connectivity index (χ2n) is 7.37. The normalized spacial score (nSPS) is 11.1. The predicted molar refractivity (Wildman–Crippen MR) is 126 cm³/mol. The van der Waals surface area contributed by atoms with Gasteiger partial charge in [0.15, 0.2) is 0 Å². The summed E-state index contributed by atoms with van der Waals surface area (Å²) in [6, 6.07) is 25.8. The highest BCUT2D eigenvalue weighted by Gasteiger charge is 2.10. The van der Waals surface area contributed by atoms with E-state index in [9.17, 15) is 4.79 Å². The first kappa shape index (κ1) is 19.3. The minimum Gasteiger partial charge on any atom is -0.489 e. The van der Waals surface area contributed by atoms with Crippen molar-refractivity contribution in [2.75, 3.05) is 5.32 Å². The average Bonchev–Trinajstić information content (AvgIpc) is 3.16. The van der Waals surface area contributed by atoms with Crippen molar-refractivity contribution in [2.24, 2.45) is 0 Å². The van der Waals surface area contributed by atoms with Crippen molar-refractivity contribution in [2.45, 2.75) is 13.2 Å². The number of fused-ring (bicyclic) bond motifs is 2. The van der Waals surface area contributed by atoms with Crippen LogP contribution in [0.25, 0.3) is 21.8 Å². The number of aromatic nitrogens is 2. The molecule has 4 aromatic carbocycles. The molecule has 6 heteroatoms. The van der Waals surface area contributed by atoms with Crippen LogP contribution in [-0.4, -0.2) is 9.97 Å². The minimum atomic E-state index is -0.209. The molecule has 0 spiro atoms. The number of ether oxygens (including phenoxy) is 1. The third kappa shape index (κ3) is 4.13. The van der Waals surface area contributed by atoms with E-state index in [0.717, 1.165) is 44.4 Å². The zero-order chi connectivity index (χ0) is 21.2. The number of H-pyrrole nitrogens is 2. The number of imidazole rings is 1. The van der Waals surface area contributed by atoms with Gasteiger partial charge in [0.25, 0.3) is 0 Å². The van der Waals surface area contributed by atoms with Crippen LogP contribution in [0.5, 0.6) is 5.75 Å². The lowest BCUT2D eigenvalue weighted by molar-refractivity contribution is 0.304. The number of hydrogen-bond donors (Lipinski definition) is 3. The summed E-state index contributed by atoms with van der Waals surface area (Å²) in [7, 11) is 0. The summed E-state index contributed by atoms with van der Waals surface area (Å²) in [5, 5.41) is 6.47. The van der Waals surface area contributed by atoms with Crippen molar-refractivity contribution in [1.82, 2.24) is 9.97 Å². The molecule has 0 aliphatic heterocycles. The number of aromatic amines is 2. The number of benzene rings is 4. The van der Waals surface area contributed by atoms with E-state index in [2.05, 4.69) is 33.5 Å². The van der Waals surface area contributed by atoms with Gasteiger partial charge in [-0.3, -0.25) is 0 Å². The van der Waals surface area contributed by atoms with Crippen LogP contribution in [-0.2, 0) is 13.2 Å². The van der Waals surface area contributed by atoms with Crippen LogP contribution in [0.15, 0.2) is 83.7 Å². The molecule has 1 heterocycles. The van der Waals surface area contributed by atoms with Gasteiger partial charge in [-0.15, -0.1) is 0 Å². The van der Waals surface area contributed by atoms with E-state index < -0.39 is 0 Å². The Kier molecular flexibility index (Phi) is 5.10. The Hall–Kier alpha value is -3.70. The van der Waals surface area contributed by atoms with E-state index in [1.54, 1.807) is 0 Å². The largest absolute Gasteiger partial charge is 0.489 e. The van der Waals surface area contributed by atoms with Crippen LogP contribution in [0.3, 0.4) is 0 Å². The Labute approximate surface area is 183 Å². The molecular formula is C25H20ClN3O2. The molecule has 0 unspecified atom stereocenters. The zero-order valence-electron chi connectivity index (χ0n) is 16.6. The van der Waals surface area contributed by atoms with Crippen LogP contribution in [0.2, 0.25) is 5.02 Å². The molecular weight excluding hydrogens is 410 g/mol. The fraction of sp³-hybridized carbons (Fsp3) is 0.0800. The first-order chi connectivity index (χ1) is 15.2. The monoisotopic (exact) mass is 429 g/mol. The summed E-state index contributed by atoms with van der Waals surface area (Å²) in [5.41, 5.74) is 4.39. The summed E-state index contributed by atoms with van der Waals surface area (Å²) in [4.78, 5) is 17.1. The topological polar surface area (TPSA) is 69.9 Å². The van der Waals surface area contributed by atoms with Gasteiger partial charge >= 0.3 is 5.69 Å². The highest BCUT2D eigenvalue weighted by molar-refractivity contribution is 6.30. The van der Waals surface area contributed by atoms with Crippen molar-refractivity contribution in [3.63, 3.8) is 0 Å². The van der Waals surface area contributed by atoms with E-state index in [1.807, 2.05) is 60.7 Å². The van der Waals surface area contributed by atoms with Crippen LogP contribution < -0.4 is 15.7 Å². The van der Waals surface area contributed by atoms with E-state index in [4.69, 9.17) is 16.3 Å². The van der Waals surface area contributed by atoms with Crippen LogP contribution >= 0.6 is 11.6 Å². The Morgan fingerprint density at radius 1 is 0.871 bits per heavy atom. The maximum absolute atomic E-state index is 11.5. The summed E-state index contributed by atoms with van der Waals surface area (Å²) < 4.78 is 6.20. The number of rotatable bonds is 6. The molecule has 5 nitrogen and oxygen atoms in total. The molecule has 3 N–H and O–H groups in total. The SMILES string of the molecule is O=c1[nH]c2ccc(NCc3c(OCc4ccc(Cl)cc4)ccc4ccccc34)cc2[nH]1. The minimum absolute atomic E-state index is 0.209. The van der Waals surface area contributed by atoms with Crippen LogP contribution in [0.4, 0.5) is 5.69 Å². The second kappa shape index (κ2) is 8.20. The molecule has 5 aromatic rings. The molecule has 0 amide bonds. The number of halogens is 1. The Bertz CT molecular complexity index is 1420. The molecule has 31 heavy (non-hydrogen) atoms.